The highest BCUT2D eigenvalue weighted by atomic mass is 16.7. The number of benzene rings is 2. The number of aliphatic hydroxyl groups is 4. The molecule has 0 spiro atoms. The zero-order valence-corrected chi connectivity index (χ0v) is 34.4. The van der Waals surface area contributed by atoms with Gasteiger partial charge in [0.1, 0.15) is 53.5 Å². The quantitative estimate of drug-likeness (QED) is 0.0696. The maximum absolute atomic E-state index is 12.4. The van der Waals surface area contributed by atoms with Gasteiger partial charge in [0.25, 0.3) is 0 Å². The van der Waals surface area contributed by atoms with Crippen LogP contribution in [0.4, 0.5) is 0 Å². The highest BCUT2D eigenvalue weighted by Crippen LogP contribution is 2.37. The van der Waals surface area contributed by atoms with Gasteiger partial charge >= 0.3 is 0 Å². The van der Waals surface area contributed by atoms with Gasteiger partial charge in [0.05, 0.1) is 90.9 Å². The van der Waals surface area contributed by atoms with E-state index in [1.165, 1.54) is 18.2 Å². The Hall–Kier alpha value is -4.28. The van der Waals surface area contributed by atoms with Gasteiger partial charge in [-0.05, 0) is 42.2 Å². The first kappa shape index (κ1) is 48.4. The fourth-order valence-corrected chi connectivity index (χ4v) is 5.81. The van der Waals surface area contributed by atoms with Crippen LogP contribution in [0.5, 0.6) is 17.2 Å². The molecule has 60 heavy (non-hydrogen) atoms. The number of fused-ring (bicyclic) bond motifs is 1. The van der Waals surface area contributed by atoms with E-state index in [0.29, 0.717) is 101 Å². The standard InChI is InChI=1S/C21H22O9.C20H38N4O6/c22-9-17-18(25)19(26)20(27)21(30-17)28-12-4-1-10(2-5-12)15-8-14(24)13-6-3-11(23)7-16(13)29-15;1-18(2)4-6-24-16-19(22-23-24)17-30-15-14-29-13-12-28-11-10-27-9-8-26-7-5-20(25)21-3/h1-7,15,17-23,25-27H,8-9H2;16,18H,4-15,17H2,1-3H3,(H,21,25)/t15?,17?,18-,19-,20?,21-;/m1./s1. The summed E-state index contributed by atoms with van der Waals surface area (Å²) >= 11 is 0. The predicted octanol–water partition coefficient (Wildman–Crippen LogP) is 1.32. The third-order valence-electron chi connectivity index (χ3n) is 9.27. The average Bonchev–Trinajstić information content (AvgIpc) is 3.70. The van der Waals surface area contributed by atoms with Crippen molar-refractivity contribution in [2.45, 2.75) is 83.1 Å². The summed E-state index contributed by atoms with van der Waals surface area (Å²) in [5, 5.41) is 59.3. The zero-order chi connectivity index (χ0) is 43.3. The Kier molecular flexibility index (Phi) is 21.1. The monoisotopic (exact) mass is 848 g/mol. The maximum atomic E-state index is 12.4. The topological polar surface area (TPSA) is 252 Å². The number of carbonyl (C=O) groups excluding carboxylic acids is 2. The van der Waals surface area contributed by atoms with Crippen LogP contribution in [0.15, 0.2) is 48.7 Å². The lowest BCUT2D eigenvalue weighted by Crippen LogP contribution is -2.60. The number of carbonyl (C=O) groups is 2. The summed E-state index contributed by atoms with van der Waals surface area (Å²) in [6.07, 6.45) is -3.86. The van der Waals surface area contributed by atoms with E-state index in [2.05, 4.69) is 29.5 Å². The van der Waals surface area contributed by atoms with E-state index in [0.717, 1.165) is 18.7 Å². The molecule has 0 aliphatic carbocycles. The summed E-state index contributed by atoms with van der Waals surface area (Å²) in [5.41, 5.74) is 1.96. The van der Waals surface area contributed by atoms with Gasteiger partial charge in [-0.25, -0.2) is 0 Å². The molecule has 2 aliphatic rings. The molecule has 6 N–H and O–H groups in total. The molecule has 1 aromatic heterocycles. The van der Waals surface area contributed by atoms with Crippen molar-refractivity contribution >= 4 is 11.7 Å². The molecule has 1 fully saturated rings. The first-order chi connectivity index (χ1) is 29.0. The average molecular weight is 849 g/mol. The summed E-state index contributed by atoms with van der Waals surface area (Å²) in [6, 6.07) is 10.9. The Morgan fingerprint density at radius 1 is 0.883 bits per heavy atom. The number of nitrogens with one attached hydrogen (secondary N) is 1. The Labute approximate surface area is 349 Å². The van der Waals surface area contributed by atoms with Crippen LogP contribution >= 0.6 is 0 Å². The molecule has 6 atom stereocenters. The van der Waals surface area contributed by atoms with E-state index in [-0.39, 0.29) is 23.9 Å². The second kappa shape index (κ2) is 26.1. The molecule has 2 aliphatic heterocycles. The number of ketones is 1. The minimum atomic E-state index is -1.53. The van der Waals surface area contributed by atoms with Gasteiger partial charge in [0.2, 0.25) is 12.2 Å². The van der Waals surface area contributed by atoms with Gasteiger partial charge in [-0.1, -0.05) is 31.2 Å². The molecule has 19 heteroatoms. The van der Waals surface area contributed by atoms with E-state index in [9.17, 15) is 35.1 Å². The molecule has 5 rings (SSSR count). The number of hydrogen-bond donors (Lipinski definition) is 6. The Balaban J connectivity index is 0.000000265. The van der Waals surface area contributed by atoms with Crippen molar-refractivity contribution in [3.8, 4) is 17.2 Å². The lowest BCUT2D eigenvalue weighted by atomic mass is 9.96. The fourth-order valence-electron chi connectivity index (χ4n) is 5.81. The number of aromatic nitrogens is 3. The molecule has 1 amide bonds. The molecule has 0 saturated carbocycles. The van der Waals surface area contributed by atoms with E-state index < -0.39 is 43.4 Å². The SMILES string of the molecule is CNC(=O)CCOCCOCCOCCOCCOCc1cn(CCC(C)C)nn1.O=C1CC(c2ccc(O[C@@H]3OC(CO)[C@@H](O)[C@@H](O)C3O)cc2)Oc2cc(O)ccc21. The second-order valence-electron chi connectivity index (χ2n) is 14.4. The number of aryl methyl sites for hydroxylation is 1. The fraction of sp³-hybridized carbons (Fsp3) is 0.610. The van der Waals surface area contributed by atoms with Crippen LogP contribution in [0.3, 0.4) is 0 Å². The molecule has 19 nitrogen and oxygen atoms in total. The molecular formula is C41H60N4O15. The number of amides is 1. The highest BCUT2D eigenvalue weighted by molar-refractivity contribution is 6.00. The van der Waals surface area contributed by atoms with Gasteiger partial charge in [-0.15, -0.1) is 5.10 Å². The second-order valence-corrected chi connectivity index (χ2v) is 14.4. The van der Waals surface area contributed by atoms with Crippen molar-refractivity contribution in [3.05, 3.63) is 65.5 Å². The number of phenols is 1. The number of rotatable bonds is 24. The Morgan fingerprint density at radius 2 is 1.52 bits per heavy atom. The van der Waals surface area contributed by atoms with Crippen molar-refractivity contribution in [2.24, 2.45) is 5.92 Å². The van der Waals surface area contributed by atoms with Crippen molar-refractivity contribution < 1.29 is 73.0 Å². The minimum absolute atomic E-state index is 0.00507. The molecule has 0 radical (unpaired) electrons. The minimum Gasteiger partial charge on any atom is -0.508 e. The molecule has 3 aromatic rings. The highest BCUT2D eigenvalue weighted by Gasteiger charge is 2.44. The summed E-state index contributed by atoms with van der Waals surface area (Å²) in [4.78, 5) is 23.3. The molecule has 2 aromatic carbocycles. The lowest BCUT2D eigenvalue weighted by Gasteiger charge is -2.39. The number of phenolic OH excluding ortho intramolecular Hbond substituents is 1. The number of hydrogen-bond acceptors (Lipinski definition) is 17. The number of ether oxygens (including phenoxy) is 8. The molecule has 3 unspecified atom stereocenters. The van der Waals surface area contributed by atoms with Crippen LogP contribution in [-0.4, -0.2) is 156 Å². The summed E-state index contributed by atoms with van der Waals surface area (Å²) in [7, 11) is 1.61. The number of aromatic hydroxyl groups is 1. The molecule has 3 heterocycles. The van der Waals surface area contributed by atoms with Gasteiger partial charge in [-0.3, -0.25) is 14.3 Å². The molecular weight excluding hydrogens is 788 g/mol. The van der Waals surface area contributed by atoms with Crippen LogP contribution in [0, 0.1) is 5.92 Å². The van der Waals surface area contributed by atoms with Gasteiger partial charge < -0.3 is 68.7 Å². The number of Topliss-reactive ketones (excluding diaryl/α,β-unsaturated/α-hetero) is 1. The van der Waals surface area contributed by atoms with Gasteiger partial charge in [0.15, 0.2) is 5.78 Å². The largest absolute Gasteiger partial charge is 0.508 e. The summed E-state index contributed by atoms with van der Waals surface area (Å²) < 4.78 is 45.7. The van der Waals surface area contributed by atoms with Crippen molar-refractivity contribution in [1.29, 1.82) is 0 Å². The van der Waals surface area contributed by atoms with E-state index in [1.807, 2.05) is 10.9 Å². The first-order valence-electron chi connectivity index (χ1n) is 20.1. The van der Waals surface area contributed by atoms with E-state index in [1.54, 1.807) is 31.3 Å². The van der Waals surface area contributed by atoms with E-state index >= 15 is 0 Å². The zero-order valence-electron chi connectivity index (χ0n) is 34.4. The van der Waals surface area contributed by atoms with Crippen LogP contribution in [-0.2, 0) is 46.4 Å². The molecule has 1 saturated heterocycles. The van der Waals surface area contributed by atoms with Gasteiger partial charge in [0, 0.05) is 26.1 Å². The third kappa shape index (κ3) is 16.3. The van der Waals surface area contributed by atoms with Crippen LogP contribution in [0.25, 0.3) is 0 Å². The predicted molar refractivity (Wildman–Crippen MR) is 212 cm³/mol. The number of nitrogens with zero attached hydrogens (tertiary/aromatic N) is 3. The Bertz CT molecular complexity index is 1690. The Morgan fingerprint density at radius 3 is 2.13 bits per heavy atom. The van der Waals surface area contributed by atoms with E-state index in [4.69, 9.17) is 37.9 Å². The maximum Gasteiger partial charge on any atom is 0.229 e. The first-order valence-corrected chi connectivity index (χ1v) is 20.1. The van der Waals surface area contributed by atoms with Crippen molar-refractivity contribution in [3.63, 3.8) is 0 Å². The third-order valence-corrected chi connectivity index (χ3v) is 9.27. The molecule has 0 bridgehead atoms. The summed E-state index contributed by atoms with van der Waals surface area (Å²) in [6.45, 7) is 9.54. The van der Waals surface area contributed by atoms with Crippen LogP contribution in [0.2, 0.25) is 0 Å². The van der Waals surface area contributed by atoms with Crippen LogP contribution < -0.4 is 14.8 Å². The smallest absolute Gasteiger partial charge is 0.229 e. The van der Waals surface area contributed by atoms with Crippen molar-refractivity contribution in [1.82, 2.24) is 20.3 Å². The van der Waals surface area contributed by atoms with Gasteiger partial charge in [-0.2, -0.15) is 0 Å². The normalized spacial score (nSPS) is 21.2. The van der Waals surface area contributed by atoms with Crippen molar-refractivity contribution in [2.75, 3.05) is 73.1 Å². The summed E-state index contributed by atoms with van der Waals surface area (Å²) in [5.74, 6) is 1.16. The van der Waals surface area contributed by atoms with Crippen LogP contribution in [0.1, 0.15) is 60.8 Å². The molecule has 334 valence electrons. The number of aliphatic hydroxyl groups excluding tert-OH is 4. The lowest BCUT2D eigenvalue weighted by molar-refractivity contribution is -0.277.